The molecule has 0 radical (unpaired) electrons. The van der Waals surface area contributed by atoms with Crippen LogP contribution in [-0.4, -0.2) is 22.5 Å². The molecule has 4 nitrogen and oxygen atoms in total. The molecule has 1 saturated carbocycles. The van der Waals surface area contributed by atoms with Crippen molar-refractivity contribution in [1.82, 2.24) is 10.3 Å². The second-order valence-corrected chi connectivity index (χ2v) is 6.46. The summed E-state index contributed by atoms with van der Waals surface area (Å²) in [5.41, 5.74) is 2.72. The Hall–Kier alpha value is -2.20. The van der Waals surface area contributed by atoms with Crippen LogP contribution in [0.2, 0.25) is 0 Å². The Bertz CT molecular complexity index is 649. The third-order valence-electron chi connectivity index (χ3n) is 4.80. The van der Waals surface area contributed by atoms with E-state index < -0.39 is 6.10 Å². The number of rotatable bonds is 5. The summed E-state index contributed by atoms with van der Waals surface area (Å²) in [6.45, 7) is 0.188. The van der Waals surface area contributed by atoms with E-state index in [0.29, 0.717) is 11.5 Å². The zero-order valence-corrected chi connectivity index (χ0v) is 13.8. The van der Waals surface area contributed by atoms with E-state index in [1.54, 1.807) is 24.5 Å². The third kappa shape index (κ3) is 4.20. The lowest BCUT2D eigenvalue weighted by atomic mass is 9.84. The molecule has 24 heavy (non-hydrogen) atoms. The molecule has 1 amide bonds. The van der Waals surface area contributed by atoms with Gasteiger partial charge in [0.15, 0.2) is 0 Å². The Balaban J connectivity index is 1.55. The molecule has 2 N–H and O–H groups in total. The molecule has 2 aromatic rings. The number of aromatic nitrogens is 1. The van der Waals surface area contributed by atoms with Gasteiger partial charge in [0.2, 0.25) is 0 Å². The zero-order chi connectivity index (χ0) is 16.8. The number of carbonyl (C=O) groups is 1. The number of nitrogens with zero attached hydrogens (tertiary/aromatic N) is 1. The molecule has 1 atom stereocenters. The number of aliphatic hydroxyl groups excluding tert-OH is 1. The molecule has 0 spiro atoms. The van der Waals surface area contributed by atoms with Crippen LogP contribution in [0.15, 0.2) is 48.8 Å². The Morgan fingerprint density at radius 2 is 1.75 bits per heavy atom. The minimum Gasteiger partial charge on any atom is -0.387 e. The summed E-state index contributed by atoms with van der Waals surface area (Å²) >= 11 is 0. The molecule has 0 bridgehead atoms. The summed E-state index contributed by atoms with van der Waals surface area (Å²) in [6, 6.07) is 11.4. The molecule has 0 saturated heterocycles. The van der Waals surface area contributed by atoms with E-state index in [9.17, 15) is 9.90 Å². The van der Waals surface area contributed by atoms with Crippen molar-refractivity contribution in [2.75, 3.05) is 6.54 Å². The highest BCUT2D eigenvalue weighted by Crippen LogP contribution is 2.32. The first-order valence-corrected chi connectivity index (χ1v) is 8.70. The highest BCUT2D eigenvalue weighted by atomic mass is 16.3. The number of benzene rings is 1. The number of carbonyl (C=O) groups excluding carboxylic acids is 1. The quantitative estimate of drug-likeness (QED) is 0.883. The Labute approximate surface area is 142 Å². The number of amides is 1. The predicted molar refractivity (Wildman–Crippen MR) is 93.8 cm³/mol. The molecule has 1 unspecified atom stereocenters. The second-order valence-electron chi connectivity index (χ2n) is 6.46. The number of aliphatic hydroxyl groups is 1. The molecule has 1 aromatic heterocycles. The van der Waals surface area contributed by atoms with Crippen LogP contribution in [0.25, 0.3) is 0 Å². The molecule has 126 valence electrons. The molecule has 1 aromatic carbocycles. The largest absolute Gasteiger partial charge is 0.387 e. The van der Waals surface area contributed by atoms with E-state index >= 15 is 0 Å². The van der Waals surface area contributed by atoms with E-state index in [4.69, 9.17) is 0 Å². The van der Waals surface area contributed by atoms with Crippen molar-refractivity contribution in [3.63, 3.8) is 0 Å². The van der Waals surface area contributed by atoms with Crippen molar-refractivity contribution in [2.45, 2.75) is 44.1 Å². The Kier molecular flexibility index (Phi) is 5.59. The minimum absolute atomic E-state index is 0.154. The standard InChI is InChI=1S/C20H24N2O2/c23-19(17-10-12-21-13-11-17)14-22-20(24)18-8-6-16(7-9-18)15-4-2-1-3-5-15/h6-13,15,19,23H,1-5,14H2,(H,22,24). The fourth-order valence-electron chi connectivity index (χ4n) is 3.34. The lowest BCUT2D eigenvalue weighted by molar-refractivity contribution is 0.0916. The highest BCUT2D eigenvalue weighted by molar-refractivity contribution is 5.94. The van der Waals surface area contributed by atoms with Gasteiger partial charge in [-0.05, 0) is 54.2 Å². The summed E-state index contributed by atoms with van der Waals surface area (Å²) in [6.07, 6.45) is 9.00. The van der Waals surface area contributed by atoms with E-state index in [0.717, 1.165) is 5.56 Å². The van der Waals surface area contributed by atoms with Gasteiger partial charge in [-0.3, -0.25) is 9.78 Å². The van der Waals surface area contributed by atoms with E-state index in [2.05, 4.69) is 22.4 Å². The van der Waals surface area contributed by atoms with Crippen LogP contribution in [0.3, 0.4) is 0 Å². The van der Waals surface area contributed by atoms with Gasteiger partial charge in [-0.15, -0.1) is 0 Å². The number of nitrogens with one attached hydrogen (secondary N) is 1. The lowest BCUT2D eigenvalue weighted by Gasteiger charge is -2.22. The third-order valence-corrected chi connectivity index (χ3v) is 4.80. The van der Waals surface area contributed by atoms with Crippen LogP contribution in [0.5, 0.6) is 0 Å². The smallest absolute Gasteiger partial charge is 0.251 e. The van der Waals surface area contributed by atoms with Crippen LogP contribution in [0.4, 0.5) is 0 Å². The lowest BCUT2D eigenvalue weighted by Crippen LogP contribution is -2.28. The van der Waals surface area contributed by atoms with Gasteiger partial charge in [-0.1, -0.05) is 31.4 Å². The molecule has 1 fully saturated rings. The van der Waals surface area contributed by atoms with Gasteiger partial charge in [-0.2, -0.15) is 0 Å². The van der Waals surface area contributed by atoms with Crippen molar-refractivity contribution in [3.05, 3.63) is 65.5 Å². The molecule has 4 heteroatoms. The number of pyridine rings is 1. The van der Waals surface area contributed by atoms with Crippen LogP contribution < -0.4 is 5.32 Å². The zero-order valence-electron chi connectivity index (χ0n) is 13.8. The molecule has 3 rings (SSSR count). The van der Waals surface area contributed by atoms with Gasteiger partial charge in [-0.25, -0.2) is 0 Å². The Morgan fingerprint density at radius 1 is 1.08 bits per heavy atom. The van der Waals surface area contributed by atoms with Crippen LogP contribution >= 0.6 is 0 Å². The molecular formula is C20H24N2O2. The summed E-state index contributed by atoms with van der Waals surface area (Å²) < 4.78 is 0. The normalized spacial score (nSPS) is 16.5. The monoisotopic (exact) mass is 324 g/mol. The first-order valence-electron chi connectivity index (χ1n) is 8.70. The molecule has 1 aliphatic carbocycles. The summed E-state index contributed by atoms with van der Waals surface area (Å²) in [4.78, 5) is 16.2. The second kappa shape index (κ2) is 8.06. The van der Waals surface area contributed by atoms with Crippen molar-refractivity contribution in [2.24, 2.45) is 0 Å². The van der Waals surface area contributed by atoms with Gasteiger partial charge < -0.3 is 10.4 Å². The minimum atomic E-state index is -0.724. The molecule has 1 aliphatic rings. The van der Waals surface area contributed by atoms with Crippen molar-refractivity contribution in [1.29, 1.82) is 0 Å². The van der Waals surface area contributed by atoms with Crippen molar-refractivity contribution < 1.29 is 9.90 Å². The molecule has 1 heterocycles. The maximum atomic E-state index is 12.2. The summed E-state index contributed by atoms with van der Waals surface area (Å²) in [5.74, 6) is 0.489. The first-order chi connectivity index (χ1) is 11.7. The predicted octanol–water partition coefficient (Wildman–Crippen LogP) is 3.59. The fraction of sp³-hybridized carbons (Fsp3) is 0.400. The van der Waals surface area contributed by atoms with Crippen LogP contribution in [0.1, 0.15) is 65.6 Å². The maximum absolute atomic E-state index is 12.2. The van der Waals surface area contributed by atoms with Gasteiger partial charge in [0.25, 0.3) is 5.91 Å². The van der Waals surface area contributed by atoms with Crippen molar-refractivity contribution >= 4 is 5.91 Å². The van der Waals surface area contributed by atoms with Gasteiger partial charge in [0, 0.05) is 24.5 Å². The number of hydrogen-bond donors (Lipinski definition) is 2. The fourth-order valence-corrected chi connectivity index (χ4v) is 3.34. The van der Waals surface area contributed by atoms with E-state index in [-0.39, 0.29) is 12.5 Å². The average molecular weight is 324 g/mol. The summed E-state index contributed by atoms with van der Waals surface area (Å²) in [7, 11) is 0. The number of hydrogen-bond acceptors (Lipinski definition) is 3. The molecular weight excluding hydrogens is 300 g/mol. The van der Waals surface area contributed by atoms with Crippen LogP contribution in [-0.2, 0) is 0 Å². The van der Waals surface area contributed by atoms with Gasteiger partial charge in [0.1, 0.15) is 0 Å². The van der Waals surface area contributed by atoms with Crippen molar-refractivity contribution in [3.8, 4) is 0 Å². The molecule has 0 aliphatic heterocycles. The van der Waals surface area contributed by atoms with Gasteiger partial charge in [0.05, 0.1) is 6.10 Å². The summed E-state index contributed by atoms with van der Waals surface area (Å²) in [5, 5.41) is 12.9. The first kappa shape index (κ1) is 16.7. The maximum Gasteiger partial charge on any atom is 0.251 e. The van der Waals surface area contributed by atoms with E-state index in [1.165, 1.54) is 37.7 Å². The Morgan fingerprint density at radius 3 is 2.42 bits per heavy atom. The highest BCUT2D eigenvalue weighted by Gasteiger charge is 2.16. The van der Waals surface area contributed by atoms with Crippen LogP contribution in [0, 0.1) is 0 Å². The average Bonchev–Trinajstić information content (AvgIpc) is 2.67. The topological polar surface area (TPSA) is 62.2 Å². The van der Waals surface area contributed by atoms with Gasteiger partial charge >= 0.3 is 0 Å². The SMILES string of the molecule is O=C(NCC(O)c1ccncc1)c1ccc(C2CCCCC2)cc1. The van der Waals surface area contributed by atoms with E-state index in [1.807, 2.05) is 12.1 Å².